The molecule has 2 atom stereocenters. The number of hydrogen-bond acceptors (Lipinski definition) is 5. The van der Waals surface area contributed by atoms with Gasteiger partial charge in [0.2, 0.25) is 5.95 Å². The first-order valence-corrected chi connectivity index (χ1v) is 8.32. The van der Waals surface area contributed by atoms with E-state index in [9.17, 15) is 8.42 Å². The van der Waals surface area contributed by atoms with E-state index in [-0.39, 0.29) is 17.8 Å². The molecule has 2 heterocycles. The van der Waals surface area contributed by atoms with E-state index in [4.69, 9.17) is 4.74 Å². The molecule has 2 rings (SSSR count). The Hall–Kier alpha value is -1.08. The summed E-state index contributed by atoms with van der Waals surface area (Å²) in [6, 6.07) is 0.116. The van der Waals surface area contributed by atoms with E-state index in [1.165, 1.54) is 0 Å². The van der Waals surface area contributed by atoms with Crippen LogP contribution in [-0.2, 0) is 14.6 Å². The molecule has 0 spiro atoms. The average molecular weight is 287 g/mol. The third-order valence-electron chi connectivity index (χ3n) is 3.29. The van der Waals surface area contributed by atoms with Gasteiger partial charge in [-0.2, -0.15) is 0 Å². The quantitative estimate of drug-likeness (QED) is 0.877. The number of hydrogen-bond donors (Lipinski definition) is 1. The maximum atomic E-state index is 11.7. The van der Waals surface area contributed by atoms with Gasteiger partial charge in [-0.3, -0.25) is 0 Å². The van der Waals surface area contributed by atoms with Gasteiger partial charge in [-0.25, -0.2) is 13.4 Å². The minimum absolute atomic E-state index is 0.0153. The second-order valence-electron chi connectivity index (χ2n) is 5.07. The van der Waals surface area contributed by atoms with Gasteiger partial charge >= 0.3 is 0 Å². The zero-order chi connectivity index (χ0) is 13.9. The molecule has 0 saturated carbocycles. The second-order valence-corrected chi connectivity index (χ2v) is 7.30. The van der Waals surface area contributed by atoms with E-state index in [1.54, 1.807) is 13.3 Å². The molecule has 0 aromatic carbocycles. The fourth-order valence-corrected chi connectivity index (χ4v) is 4.14. The molecule has 0 bridgehead atoms. The van der Waals surface area contributed by atoms with E-state index < -0.39 is 9.84 Å². The molecule has 1 aromatic heterocycles. The first kappa shape index (κ1) is 14.3. The highest BCUT2D eigenvalue weighted by atomic mass is 32.2. The Kier molecular flexibility index (Phi) is 4.46. The zero-order valence-electron chi connectivity index (χ0n) is 11.4. The minimum atomic E-state index is -2.91. The highest BCUT2D eigenvalue weighted by Crippen LogP contribution is 2.26. The number of ether oxygens (including phenoxy) is 1. The van der Waals surface area contributed by atoms with Crippen molar-refractivity contribution in [2.75, 3.05) is 30.5 Å². The molecular weight excluding hydrogens is 266 g/mol. The molecule has 1 aliphatic rings. The SMILES string of the molecule is COCC(C)Nc1nccn1C1CCCS(=O)(=O)C1. The summed E-state index contributed by atoms with van der Waals surface area (Å²) in [5.41, 5.74) is 0. The maximum Gasteiger partial charge on any atom is 0.203 e. The van der Waals surface area contributed by atoms with E-state index in [2.05, 4.69) is 10.3 Å². The van der Waals surface area contributed by atoms with Crippen LogP contribution in [0.3, 0.4) is 0 Å². The third kappa shape index (κ3) is 3.70. The largest absolute Gasteiger partial charge is 0.383 e. The molecule has 0 radical (unpaired) electrons. The lowest BCUT2D eigenvalue weighted by molar-refractivity contribution is 0.190. The van der Waals surface area contributed by atoms with Gasteiger partial charge in [0.05, 0.1) is 24.2 Å². The molecule has 1 fully saturated rings. The monoisotopic (exact) mass is 287 g/mol. The summed E-state index contributed by atoms with van der Waals surface area (Å²) in [7, 11) is -1.26. The van der Waals surface area contributed by atoms with E-state index in [0.29, 0.717) is 18.3 Å². The highest BCUT2D eigenvalue weighted by molar-refractivity contribution is 7.91. The highest BCUT2D eigenvalue weighted by Gasteiger charge is 2.27. The van der Waals surface area contributed by atoms with Crippen LogP contribution in [0, 0.1) is 0 Å². The Balaban J connectivity index is 2.10. The number of nitrogens with one attached hydrogen (secondary N) is 1. The summed E-state index contributed by atoms with van der Waals surface area (Å²) in [5, 5.41) is 3.25. The molecule has 1 aliphatic heterocycles. The Bertz CT molecular complexity index is 512. The van der Waals surface area contributed by atoms with Crippen LogP contribution in [0.2, 0.25) is 0 Å². The summed E-state index contributed by atoms with van der Waals surface area (Å²) >= 11 is 0. The van der Waals surface area contributed by atoms with Crippen LogP contribution >= 0.6 is 0 Å². The molecule has 0 aliphatic carbocycles. The van der Waals surface area contributed by atoms with Gasteiger partial charge in [0.1, 0.15) is 0 Å². The van der Waals surface area contributed by atoms with Crippen LogP contribution in [0.15, 0.2) is 12.4 Å². The molecule has 0 amide bonds. The summed E-state index contributed by atoms with van der Waals surface area (Å²) in [6.45, 7) is 2.58. The molecule has 108 valence electrons. The van der Waals surface area contributed by atoms with Gasteiger partial charge < -0.3 is 14.6 Å². The van der Waals surface area contributed by atoms with Crippen LogP contribution < -0.4 is 5.32 Å². The summed E-state index contributed by atoms with van der Waals surface area (Å²) in [6.07, 6.45) is 5.14. The predicted molar refractivity (Wildman–Crippen MR) is 74.1 cm³/mol. The fraction of sp³-hybridized carbons (Fsp3) is 0.750. The van der Waals surface area contributed by atoms with Crippen molar-refractivity contribution >= 4 is 15.8 Å². The number of sulfone groups is 1. The normalized spacial score (nSPS) is 24.0. The molecule has 19 heavy (non-hydrogen) atoms. The van der Waals surface area contributed by atoms with Crippen molar-refractivity contribution in [1.82, 2.24) is 9.55 Å². The first-order chi connectivity index (χ1) is 9.02. The lowest BCUT2D eigenvalue weighted by Gasteiger charge is -2.25. The van der Waals surface area contributed by atoms with Crippen LogP contribution in [0.5, 0.6) is 0 Å². The number of imidazole rings is 1. The van der Waals surface area contributed by atoms with Crippen molar-refractivity contribution in [1.29, 1.82) is 0 Å². The van der Waals surface area contributed by atoms with E-state index >= 15 is 0 Å². The number of rotatable bonds is 5. The van der Waals surface area contributed by atoms with Gasteiger partial charge in [-0.05, 0) is 19.8 Å². The summed E-state index contributed by atoms with van der Waals surface area (Å²) < 4.78 is 30.4. The molecule has 1 saturated heterocycles. The van der Waals surface area contributed by atoms with Gasteiger partial charge in [-0.15, -0.1) is 0 Å². The van der Waals surface area contributed by atoms with Crippen LogP contribution in [0.4, 0.5) is 5.95 Å². The Morgan fingerprint density at radius 1 is 1.63 bits per heavy atom. The van der Waals surface area contributed by atoms with Crippen molar-refractivity contribution in [2.24, 2.45) is 0 Å². The van der Waals surface area contributed by atoms with E-state index in [1.807, 2.05) is 17.7 Å². The lowest BCUT2D eigenvalue weighted by atomic mass is 10.2. The van der Waals surface area contributed by atoms with Crippen molar-refractivity contribution in [2.45, 2.75) is 31.8 Å². The zero-order valence-corrected chi connectivity index (χ0v) is 12.2. The van der Waals surface area contributed by atoms with Gasteiger partial charge in [0, 0.05) is 25.5 Å². The maximum absolute atomic E-state index is 11.7. The van der Waals surface area contributed by atoms with Crippen LogP contribution in [0.1, 0.15) is 25.8 Å². The standard InChI is InChI=1S/C12H21N3O3S/c1-10(8-18-2)14-12-13-5-6-15(12)11-4-3-7-19(16,17)9-11/h5-6,10-11H,3-4,7-9H2,1-2H3,(H,13,14). The Morgan fingerprint density at radius 2 is 2.42 bits per heavy atom. The molecule has 1 aromatic rings. The average Bonchev–Trinajstić information content (AvgIpc) is 2.76. The molecular formula is C12H21N3O3S. The van der Waals surface area contributed by atoms with Crippen molar-refractivity contribution in [3.8, 4) is 0 Å². The number of aromatic nitrogens is 2. The van der Waals surface area contributed by atoms with Crippen LogP contribution in [0.25, 0.3) is 0 Å². The Morgan fingerprint density at radius 3 is 3.11 bits per heavy atom. The van der Waals surface area contributed by atoms with Gasteiger partial charge in [0.15, 0.2) is 9.84 Å². The number of methoxy groups -OCH3 is 1. The van der Waals surface area contributed by atoms with Crippen molar-refractivity contribution in [3.63, 3.8) is 0 Å². The summed E-state index contributed by atoms with van der Waals surface area (Å²) in [5.74, 6) is 1.23. The topological polar surface area (TPSA) is 73.2 Å². The molecule has 6 nitrogen and oxygen atoms in total. The molecule has 2 unspecified atom stereocenters. The smallest absolute Gasteiger partial charge is 0.203 e. The lowest BCUT2D eigenvalue weighted by Crippen LogP contribution is -2.29. The fourth-order valence-electron chi connectivity index (χ4n) is 2.45. The van der Waals surface area contributed by atoms with Crippen molar-refractivity contribution < 1.29 is 13.2 Å². The van der Waals surface area contributed by atoms with Crippen molar-refractivity contribution in [3.05, 3.63) is 12.4 Å². The third-order valence-corrected chi connectivity index (χ3v) is 5.10. The predicted octanol–water partition coefficient (Wildman–Crippen LogP) is 1.08. The number of anilines is 1. The summed E-state index contributed by atoms with van der Waals surface area (Å²) in [4.78, 5) is 4.26. The first-order valence-electron chi connectivity index (χ1n) is 6.50. The number of nitrogens with zero attached hydrogens (tertiary/aromatic N) is 2. The molecule has 7 heteroatoms. The van der Waals surface area contributed by atoms with Gasteiger partial charge in [-0.1, -0.05) is 0 Å². The molecule has 1 N–H and O–H groups in total. The Labute approximate surface area is 114 Å². The second kappa shape index (κ2) is 5.92. The van der Waals surface area contributed by atoms with Crippen LogP contribution in [-0.4, -0.2) is 49.2 Å². The minimum Gasteiger partial charge on any atom is -0.383 e. The van der Waals surface area contributed by atoms with Gasteiger partial charge in [0.25, 0.3) is 0 Å². The van der Waals surface area contributed by atoms with E-state index in [0.717, 1.165) is 12.8 Å².